The Morgan fingerprint density at radius 2 is 1.78 bits per heavy atom. The molecule has 106 valence electrons. The second-order valence-corrected chi connectivity index (χ2v) is 6.42. The molecule has 1 fully saturated rings. The maximum Gasteiger partial charge on any atom is 0.226 e. The third-order valence-corrected chi connectivity index (χ3v) is 3.95. The molecule has 0 aromatic carbocycles. The smallest absolute Gasteiger partial charge is 0.226 e. The number of carbonyl (C=O) groups is 1. The van der Waals surface area contributed by atoms with E-state index in [4.69, 9.17) is 0 Å². The van der Waals surface area contributed by atoms with Gasteiger partial charge in [-0.3, -0.25) is 4.79 Å². The highest BCUT2D eigenvalue weighted by molar-refractivity contribution is 5.83. The van der Waals surface area contributed by atoms with Gasteiger partial charge in [0, 0.05) is 5.41 Å². The Labute approximate surface area is 110 Å². The Kier molecular flexibility index (Phi) is 5.17. The van der Waals surface area contributed by atoms with E-state index in [0.717, 1.165) is 32.1 Å². The normalized spacial score (nSPS) is 19.2. The van der Waals surface area contributed by atoms with Crippen molar-refractivity contribution in [1.29, 1.82) is 0 Å². The van der Waals surface area contributed by atoms with Crippen molar-refractivity contribution in [1.82, 2.24) is 5.32 Å². The summed E-state index contributed by atoms with van der Waals surface area (Å²) in [5.74, 6) is 0.475. The quantitative estimate of drug-likeness (QED) is 0.674. The van der Waals surface area contributed by atoms with Crippen LogP contribution in [0.2, 0.25) is 0 Å². The van der Waals surface area contributed by atoms with Crippen LogP contribution in [0.25, 0.3) is 0 Å². The number of nitrogens with one attached hydrogen (secondary N) is 1. The molecule has 0 aromatic rings. The molecule has 1 aliphatic carbocycles. The monoisotopic (exact) mass is 257 g/mol. The van der Waals surface area contributed by atoms with Crippen LogP contribution in [-0.4, -0.2) is 34.9 Å². The van der Waals surface area contributed by atoms with E-state index in [9.17, 15) is 15.0 Å². The van der Waals surface area contributed by atoms with E-state index in [0.29, 0.717) is 5.92 Å². The molecule has 4 heteroatoms. The average Bonchev–Trinajstić information content (AvgIpc) is 2.77. The molecule has 1 rings (SSSR count). The zero-order valence-electron chi connectivity index (χ0n) is 11.8. The van der Waals surface area contributed by atoms with Crippen LogP contribution >= 0.6 is 0 Å². The maximum absolute atomic E-state index is 12.5. The van der Waals surface area contributed by atoms with E-state index in [2.05, 4.69) is 19.2 Å². The molecule has 0 unspecified atom stereocenters. The SMILES string of the molecule is CC(C)CC1(C(=O)NC(C)(CO)CO)CCCC1. The fourth-order valence-corrected chi connectivity index (χ4v) is 2.89. The van der Waals surface area contributed by atoms with Gasteiger partial charge in [0.1, 0.15) is 0 Å². The highest BCUT2D eigenvalue weighted by atomic mass is 16.3. The molecule has 1 amide bonds. The summed E-state index contributed by atoms with van der Waals surface area (Å²) in [6.45, 7) is 5.44. The van der Waals surface area contributed by atoms with Crippen LogP contribution < -0.4 is 5.32 Å². The fourth-order valence-electron chi connectivity index (χ4n) is 2.89. The zero-order chi connectivity index (χ0) is 13.8. The first-order chi connectivity index (χ1) is 8.37. The molecule has 0 aliphatic heterocycles. The number of amides is 1. The van der Waals surface area contributed by atoms with E-state index >= 15 is 0 Å². The van der Waals surface area contributed by atoms with Crippen molar-refractivity contribution < 1.29 is 15.0 Å². The molecule has 0 saturated heterocycles. The fraction of sp³-hybridized carbons (Fsp3) is 0.929. The summed E-state index contributed by atoms with van der Waals surface area (Å²) in [6, 6.07) is 0. The van der Waals surface area contributed by atoms with Gasteiger partial charge in [0.2, 0.25) is 5.91 Å². The molecule has 0 bridgehead atoms. The summed E-state index contributed by atoms with van der Waals surface area (Å²) in [4.78, 5) is 12.5. The average molecular weight is 257 g/mol. The molecule has 1 saturated carbocycles. The summed E-state index contributed by atoms with van der Waals surface area (Å²) < 4.78 is 0. The lowest BCUT2D eigenvalue weighted by Gasteiger charge is -2.35. The zero-order valence-corrected chi connectivity index (χ0v) is 11.8. The lowest BCUT2D eigenvalue weighted by atomic mass is 9.77. The topological polar surface area (TPSA) is 69.6 Å². The van der Waals surface area contributed by atoms with Gasteiger partial charge in [-0.25, -0.2) is 0 Å². The predicted octanol–water partition coefficient (Wildman–Crippen LogP) is 1.45. The van der Waals surface area contributed by atoms with Crippen LogP contribution in [0.1, 0.15) is 52.9 Å². The van der Waals surface area contributed by atoms with Gasteiger partial charge in [-0.1, -0.05) is 26.7 Å². The number of aliphatic hydroxyl groups is 2. The van der Waals surface area contributed by atoms with E-state index < -0.39 is 5.54 Å². The molecule has 1 aliphatic rings. The van der Waals surface area contributed by atoms with E-state index in [1.807, 2.05) is 0 Å². The number of hydrogen-bond donors (Lipinski definition) is 3. The first-order valence-corrected chi connectivity index (χ1v) is 6.92. The summed E-state index contributed by atoms with van der Waals surface area (Å²) in [7, 11) is 0. The van der Waals surface area contributed by atoms with E-state index in [1.165, 1.54) is 0 Å². The Balaban J connectivity index is 2.78. The van der Waals surface area contributed by atoms with Crippen LogP contribution in [0.15, 0.2) is 0 Å². The Bertz CT molecular complexity index is 279. The maximum atomic E-state index is 12.5. The second kappa shape index (κ2) is 6.02. The van der Waals surface area contributed by atoms with Gasteiger partial charge in [-0.2, -0.15) is 0 Å². The molecule has 4 nitrogen and oxygen atoms in total. The third kappa shape index (κ3) is 3.45. The van der Waals surface area contributed by atoms with Crippen molar-refractivity contribution >= 4 is 5.91 Å². The summed E-state index contributed by atoms with van der Waals surface area (Å²) >= 11 is 0. The minimum atomic E-state index is -0.913. The van der Waals surface area contributed by atoms with Crippen LogP contribution in [-0.2, 0) is 4.79 Å². The molecule has 0 heterocycles. The highest BCUT2D eigenvalue weighted by Gasteiger charge is 2.43. The van der Waals surface area contributed by atoms with Crippen molar-refractivity contribution in [2.75, 3.05) is 13.2 Å². The van der Waals surface area contributed by atoms with Gasteiger partial charge >= 0.3 is 0 Å². The largest absolute Gasteiger partial charge is 0.394 e. The number of carbonyl (C=O) groups excluding carboxylic acids is 1. The molecule has 0 aromatic heterocycles. The third-order valence-electron chi connectivity index (χ3n) is 3.95. The van der Waals surface area contributed by atoms with Gasteiger partial charge in [0.15, 0.2) is 0 Å². The molecule has 0 spiro atoms. The first-order valence-electron chi connectivity index (χ1n) is 6.92. The highest BCUT2D eigenvalue weighted by Crippen LogP contribution is 2.43. The van der Waals surface area contributed by atoms with Gasteiger partial charge in [-0.05, 0) is 32.1 Å². The summed E-state index contributed by atoms with van der Waals surface area (Å²) in [6.07, 6.45) is 4.91. The minimum Gasteiger partial charge on any atom is -0.394 e. The lowest BCUT2D eigenvalue weighted by Crippen LogP contribution is -2.56. The van der Waals surface area contributed by atoms with Crippen LogP contribution in [0.3, 0.4) is 0 Å². The predicted molar refractivity (Wildman–Crippen MR) is 71.1 cm³/mol. The molecule has 18 heavy (non-hydrogen) atoms. The first kappa shape index (κ1) is 15.4. The van der Waals surface area contributed by atoms with E-state index in [1.54, 1.807) is 6.92 Å². The van der Waals surface area contributed by atoms with Crippen molar-refractivity contribution in [3.63, 3.8) is 0 Å². The molecular weight excluding hydrogens is 230 g/mol. The minimum absolute atomic E-state index is 0.000648. The van der Waals surface area contributed by atoms with Crippen LogP contribution in [0.4, 0.5) is 0 Å². The molecule has 3 N–H and O–H groups in total. The van der Waals surface area contributed by atoms with Gasteiger partial charge in [-0.15, -0.1) is 0 Å². The summed E-state index contributed by atoms with van der Waals surface area (Å²) in [5.41, 5.74) is -1.20. The molecule has 0 radical (unpaired) electrons. The second-order valence-electron chi connectivity index (χ2n) is 6.42. The van der Waals surface area contributed by atoms with Crippen molar-refractivity contribution in [3.05, 3.63) is 0 Å². The number of hydrogen-bond acceptors (Lipinski definition) is 3. The molecular formula is C14H27NO3. The van der Waals surface area contributed by atoms with Gasteiger partial charge in [0.05, 0.1) is 18.8 Å². The van der Waals surface area contributed by atoms with Crippen LogP contribution in [0.5, 0.6) is 0 Å². The lowest BCUT2D eigenvalue weighted by molar-refractivity contribution is -0.135. The van der Waals surface area contributed by atoms with Crippen LogP contribution in [0, 0.1) is 11.3 Å². The van der Waals surface area contributed by atoms with Gasteiger partial charge in [0.25, 0.3) is 0 Å². The van der Waals surface area contributed by atoms with Crippen molar-refractivity contribution in [3.8, 4) is 0 Å². The number of rotatable bonds is 6. The Morgan fingerprint density at radius 3 is 2.17 bits per heavy atom. The van der Waals surface area contributed by atoms with Crippen molar-refractivity contribution in [2.45, 2.75) is 58.4 Å². The van der Waals surface area contributed by atoms with Gasteiger partial charge < -0.3 is 15.5 Å². The standard InChI is InChI=1S/C14H27NO3/c1-11(2)8-14(6-4-5-7-14)12(18)15-13(3,9-16)10-17/h11,16-17H,4-10H2,1-3H3,(H,15,18). The summed E-state index contributed by atoms with van der Waals surface area (Å²) in [5, 5.41) is 21.4. The molecule has 0 atom stereocenters. The Hall–Kier alpha value is -0.610. The van der Waals surface area contributed by atoms with E-state index in [-0.39, 0.29) is 24.5 Å². The van der Waals surface area contributed by atoms with Crippen molar-refractivity contribution in [2.24, 2.45) is 11.3 Å². The Morgan fingerprint density at radius 1 is 1.28 bits per heavy atom. The number of aliphatic hydroxyl groups excluding tert-OH is 2.